The highest BCUT2D eigenvalue weighted by Crippen LogP contribution is 2.39. The predicted octanol–water partition coefficient (Wildman–Crippen LogP) is 14.1. The molecule has 0 saturated heterocycles. The fourth-order valence-electron chi connectivity index (χ4n) is 8.47. The Morgan fingerprint density at radius 1 is 0.271 bits per heavy atom. The van der Waals surface area contributed by atoms with Crippen molar-refractivity contribution in [2.24, 2.45) is 0 Å². The molecule has 0 N–H and O–H groups in total. The summed E-state index contributed by atoms with van der Waals surface area (Å²) >= 11 is 0. The zero-order chi connectivity index (χ0) is 39.1. The van der Waals surface area contributed by atoms with Crippen molar-refractivity contribution in [1.82, 2.24) is 19.5 Å². The van der Waals surface area contributed by atoms with Crippen LogP contribution in [0.3, 0.4) is 0 Å². The molecule has 11 aromatic rings. The Morgan fingerprint density at radius 2 is 0.746 bits per heavy atom. The van der Waals surface area contributed by atoms with Gasteiger partial charge in [0, 0.05) is 27.5 Å². The Hall–Kier alpha value is -7.95. The highest BCUT2D eigenvalue weighted by Gasteiger charge is 2.21. The molecule has 59 heavy (non-hydrogen) atoms. The van der Waals surface area contributed by atoms with Gasteiger partial charge in [0.15, 0.2) is 17.5 Å². The van der Waals surface area contributed by atoms with Gasteiger partial charge in [-0.2, -0.15) is 0 Å². The molecule has 9 aromatic carbocycles. The van der Waals surface area contributed by atoms with E-state index in [2.05, 4.69) is 217 Å². The largest absolute Gasteiger partial charge is 0.308 e. The predicted molar refractivity (Wildman–Crippen MR) is 244 cm³/mol. The molecule has 0 aliphatic carbocycles. The minimum absolute atomic E-state index is 0.600. The maximum atomic E-state index is 5.38. The highest BCUT2D eigenvalue weighted by molar-refractivity contribution is 6.10. The van der Waals surface area contributed by atoms with Gasteiger partial charge in [-0.15, -0.1) is 0 Å². The monoisotopic (exact) mass is 752 g/mol. The van der Waals surface area contributed by atoms with Gasteiger partial charge in [0.1, 0.15) is 0 Å². The zero-order valence-electron chi connectivity index (χ0n) is 32.1. The van der Waals surface area contributed by atoms with E-state index < -0.39 is 0 Å². The van der Waals surface area contributed by atoms with Gasteiger partial charge in [-0.25, -0.2) is 15.0 Å². The second kappa shape index (κ2) is 14.5. The Kier molecular flexibility index (Phi) is 8.45. The Labute approximate surface area is 342 Å². The molecule has 0 unspecified atom stereocenters. The number of para-hydroxylation sites is 2. The summed E-state index contributed by atoms with van der Waals surface area (Å²) in [6, 6.07) is 76.9. The molecule has 2 heterocycles. The first kappa shape index (κ1) is 34.3. The van der Waals surface area contributed by atoms with Gasteiger partial charge < -0.3 is 4.57 Å². The number of nitrogens with zero attached hydrogens (tertiary/aromatic N) is 4. The molecular formula is C55H36N4. The van der Waals surface area contributed by atoms with E-state index in [9.17, 15) is 0 Å². The molecule has 4 heteroatoms. The van der Waals surface area contributed by atoms with Gasteiger partial charge >= 0.3 is 0 Å². The molecule has 276 valence electrons. The maximum absolute atomic E-state index is 5.38. The number of fused-ring (bicyclic) bond motifs is 4. The molecule has 2 aromatic heterocycles. The Bertz CT molecular complexity index is 3250. The van der Waals surface area contributed by atoms with Crippen LogP contribution in [0.4, 0.5) is 0 Å². The molecule has 11 rings (SSSR count). The van der Waals surface area contributed by atoms with Crippen molar-refractivity contribution in [3.05, 3.63) is 218 Å². The van der Waals surface area contributed by atoms with Crippen LogP contribution in [0.25, 0.3) is 106 Å². The molecule has 4 nitrogen and oxygen atoms in total. The standard InChI is InChI=1S/C55H36N4/c1-3-16-37(17-4-1)42-34-35-49(52(36-42)59-50-28-13-11-24-46(50)47-25-12-14-29-51(47)59)55-57-53(56-54(58-55)48-26-10-9-23-45(48)38-18-5-2-6-19-38)41-32-30-40(31-33-41)44-27-15-21-39-20-7-8-22-43(39)44/h1-36H. The van der Waals surface area contributed by atoms with E-state index in [-0.39, 0.29) is 0 Å². The summed E-state index contributed by atoms with van der Waals surface area (Å²) in [4.78, 5) is 16.0. The van der Waals surface area contributed by atoms with Crippen LogP contribution in [-0.4, -0.2) is 19.5 Å². The van der Waals surface area contributed by atoms with Crippen LogP contribution in [0.1, 0.15) is 0 Å². The van der Waals surface area contributed by atoms with Crippen molar-refractivity contribution in [2.75, 3.05) is 0 Å². The number of hydrogen-bond donors (Lipinski definition) is 0. The molecule has 0 radical (unpaired) electrons. The number of hydrogen-bond acceptors (Lipinski definition) is 3. The van der Waals surface area contributed by atoms with Gasteiger partial charge in [0.05, 0.1) is 16.7 Å². The normalized spacial score (nSPS) is 11.4. The van der Waals surface area contributed by atoms with Crippen molar-refractivity contribution < 1.29 is 0 Å². The van der Waals surface area contributed by atoms with Crippen molar-refractivity contribution in [3.63, 3.8) is 0 Å². The van der Waals surface area contributed by atoms with Gasteiger partial charge in [-0.3, -0.25) is 0 Å². The topological polar surface area (TPSA) is 43.6 Å². The SMILES string of the molecule is c1ccc(-c2ccc(-c3nc(-c4ccc(-c5cccc6ccccc56)cc4)nc(-c4ccccc4-c4ccccc4)n3)c(-n3c4ccccc4c4ccccc43)c2)cc1. The average molecular weight is 753 g/mol. The molecule has 0 bridgehead atoms. The highest BCUT2D eigenvalue weighted by atomic mass is 15.1. The average Bonchev–Trinajstić information content (AvgIpc) is 3.66. The van der Waals surface area contributed by atoms with E-state index in [0.29, 0.717) is 17.5 Å². The first-order valence-electron chi connectivity index (χ1n) is 19.9. The van der Waals surface area contributed by atoms with E-state index in [0.717, 1.165) is 61.2 Å². The Morgan fingerprint density at radius 3 is 1.46 bits per heavy atom. The van der Waals surface area contributed by atoms with Gasteiger partial charge in [0.25, 0.3) is 0 Å². The third-order valence-corrected chi connectivity index (χ3v) is 11.3. The van der Waals surface area contributed by atoms with Crippen LogP contribution >= 0.6 is 0 Å². The fourth-order valence-corrected chi connectivity index (χ4v) is 8.47. The zero-order valence-corrected chi connectivity index (χ0v) is 32.1. The third-order valence-electron chi connectivity index (χ3n) is 11.3. The van der Waals surface area contributed by atoms with Crippen LogP contribution in [-0.2, 0) is 0 Å². The van der Waals surface area contributed by atoms with Gasteiger partial charge in [-0.05, 0) is 68.4 Å². The van der Waals surface area contributed by atoms with Gasteiger partial charge in [-0.1, -0.05) is 194 Å². The summed E-state index contributed by atoms with van der Waals surface area (Å²) < 4.78 is 2.37. The summed E-state index contributed by atoms with van der Waals surface area (Å²) in [5.74, 6) is 1.82. The number of rotatable bonds is 7. The van der Waals surface area contributed by atoms with Crippen molar-refractivity contribution in [3.8, 4) is 73.2 Å². The van der Waals surface area contributed by atoms with Crippen LogP contribution in [0.2, 0.25) is 0 Å². The maximum Gasteiger partial charge on any atom is 0.166 e. The molecule has 0 amide bonds. The second-order valence-corrected chi connectivity index (χ2v) is 14.8. The number of benzene rings is 9. The number of aromatic nitrogens is 4. The molecule has 0 atom stereocenters. The summed E-state index contributed by atoms with van der Waals surface area (Å²) in [6.07, 6.45) is 0. The minimum atomic E-state index is 0.600. The van der Waals surface area contributed by atoms with Gasteiger partial charge in [0.2, 0.25) is 0 Å². The first-order chi connectivity index (χ1) is 29.3. The lowest BCUT2D eigenvalue weighted by atomic mass is 9.97. The van der Waals surface area contributed by atoms with E-state index in [1.165, 1.54) is 27.1 Å². The van der Waals surface area contributed by atoms with Crippen LogP contribution in [0.5, 0.6) is 0 Å². The van der Waals surface area contributed by atoms with Crippen LogP contribution < -0.4 is 0 Å². The van der Waals surface area contributed by atoms with E-state index >= 15 is 0 Å². The van der Waals surface area contributed by atoms with E-state index in [1.54, 1.807) is 0 Å². The summed E-state index contributed by atoms with van der Waals surface area (Å²) in [5, 5.41) is 4.83. The molecule has 0 saturated carbocycles. The fraction of sp³-hybridized carbons (Fsp3) is 0. The molecule has 0 spiro atoms. The lowest BCUT2D eigenvalue weighted by molar-refractivity contribution is 1.06. The minimum Gasteiger partial charge on any atom is -0.308 e. The van der Waals surface area contributed by atoms with Crippen molar-refractivity contribution in [2.45, 2.75) is 0 Å². The van der Waals surface area contributed by atoms with Crippen molar-refractivity contribution in [1.29, 1.82) is 0 Å². The molecule has 0 fully saturated rings. The summed E-state index contributed by atoms with van der Waals surface area (Å²) in [6.45, 7) is 0. The third kappa shape index (κ3) is 6.15. The Balaban J connectivity index is 1.16. The molecule has 0 aliphatic rings. The van der Waals surface area contributed by atoms with Crippen molar-refractivity contribution >= 4 is 32.6 Å². The summed E-state index contributed by atoms with van der Waals surface area (Å²) in [5.41, 5.74) is 12.7. The summed E-state index contributed by atoms with van der Waals surface area (Å²) in [7, 11) is 0. The first-order valence-corrected chi connectivity index (χ1v) is 19.9. The van der Waals surface area contributed by atoms with E-state index in [4.69, 9.17) is 15.0 Å². The molecular weight excluding hydrogens is 717 g/mol. The van der Waals surface area contributed by atoms with Crippen LogP contribution in [0.15, 0.2) is 218 Å². The lowest BCUT2D eigenvalue weighted by Gasteiger charge is -2.17. The quantitative estimate of drug-likeness (QED) is 0.163. The molecule has 0 aliphatic heterocycles. The second-order valence-electron chi connectivity index (χ2n) is 14.8. The van der Waals surface area contributed by atoms with E-state index in [1.807, 2.05) is 6.07 Å². The van der Waals surface area contributed by atoms with Crippen LogP contribution in [0, 0.1) is 0 Å². The lowest BCUT2D eigenvalue weighted by Crippen LogP contribution is -2.04. The smallest absolute Gasteiger partial charge is 0.166 e.